The summed E-state index contributed by atoms with van der Waals surface area (Å²) in [5, 5.41) is 0. The topological polar surface area (TPSA) is 32.5 Å². The summed E-state index contributed by atoms with van der Waals surface area (Å²) in [6.07, 6.45) is 2.34. The quantitative estimate of drug-likeness (QED) is 0.859. The lowest BCUT2D eigenvalue weighted by Gasteiger charge is -2.35. The summed E-state index contributed by atoms with van der Waals surface area (Å²) < 4.78 is 13.7. The predicted molar refractivity (Wildman–Crippen MR) is 84.3 cm³/mol. The number of hydrogen-bond donors (Lipinski definition) is 1. The van der Waals surface area contributed by atoms with Crippen LogP contribution < -0.4 is 5.73 Å². The molecule has 1 aromatic rings. The summed E-state index contributed by atoms with van der Waals surface area (Å²) in [7, 11) is 4.28. The van der Waals surface area contributed by atoms with Gasteiger partial charge in [0.2, 0.25) is 0 Å². The van der Waals surface area contributed by atoms with Crippen LogP contribution >= 0.6 is 0 Å². The van der Waals surface area contributed by atoms with E-state index >= 15 is 0 Å². The third-order valence-corrected chi connectivity index (χ3v) is 4.04. The molecule has 1 aliphatic heterocycles. The molecule has 2 N–H and O–H groups in total. The van der Waals surface area contributed by atoms with E-state index in [2.05, 4.69) is 35.7 Å². The minimum atomic E-state index is -0.231. The summed E-state index contributed by atoms with van der Waals surface area (Å²) in [6, 6.07) is 5.58. The molecule has 1 aliphatic rings. The Morgan fingerprint density at radius 3 is 2.71 bits per heavy atom. The lowest BCUT2D eigenvalue weighted by molar-refractivity contribution is 0.139. The smallest absolute Gasteiger partial charge is 0.124 e. The normalized spacial score (nSPS) is 16.8. The molecule has 0 saturated carbocycles. The minimum Gasteiger partial charge on any atom is -0.320 e. The lowest BCUT2D eigenvalue weighted by atomic mass is 10.0. The van der Waals surface area contributed by atoms with E-state index in [-0.39, 0.29) is 5.82 Å². The zero-order valence-electron chi connectivity index (χ0n) is 12.9. The molecule has 114 valence electrons. The fourth-order valence-corrected chi connectivity index (χ4v) is 2.82. The zero-order chi connectivity index (χ0) is 15.2. The van der Waals surface area contributed by atoms with E-state index in [1.807, 2.05) is 6.07 Å². The highest BCUT2D eigenvalue weighted by molar-refractivity contribution is 5.38. The van der Waals surface area contributed by atoms with Crippen LogP contribution in [0.5, 0.6) is 0 Å². The maximum absolute atomic E-state index is 13.7. The van der Waals surface area contributed by atoms with Crippen LogP contribution in [0.15, 0.2) is 18.2 Å². The summed E-state index contributed by atoms with van der Waals surface area (Å²) >= 11 is 0. The van der Waals surface area contributed by atoms with E-state index in [9.17, 15) is 4.39 Å². The van der Waals surface area contributed by atoms with Gasteiger partial charge in [0.05, 0.1) is 6.54 Å². The van der Waals surface area contributed by atoms with Crippen molar-refractivity contribution in [3.8, 4) is 11.8 Å². The van der Waals surface area contributed by atoms with Gasteiger partial charge in [0.1, 0.15) is 5.82 Å². The second-order valence-corrected chi connectivity index (χ2v) is 5.80. The van der Waals surface area contributed by atoms with Crippen LogP contribution in [-0.4, -0.2) is 49.6 Å². The molecule has 0 radical (unpaired) electrons. The third kappa shape index (κ3) is 4.82. The second kappa shape index (κ2) is 7.56. The maximum atomic E-state index is 13.7. The van der Waals surface area contributed by atoms with Gasteiger partial charge in [-0.2, -0.15) is 0 Å². The second-order valence-electron chi connectivity index (χ2n) is 5.80. The highest BCUT2D eigenvalue weighted by atomic mass is 19.1. The number of benzene rings is 1. The van der Waals surface area contributed by atoms with Gasteiger partial charge in [-0.1, -0.05) is 11.8 Å². The van der Waals surface area contributed by atoms with E-state index in [1.165, 1.54) is 18.9 Å². The van der Waals surface area contributed by atoms with Crippen molar-refractivity contribution >= 4 is 0 Å². The first-order valence-corrected chi connectivity index (χ1v) is 7.45. The van der Waals surface area contributed by atoms with Crippen molar-refractivity contribution in [3.63, 3.8) is 0 Å². The molecule has 0 bridgehead atoms. The first-order chi connectivity index (χ1) is 10.1. The fourth-order valence-electron chi connectivity index (χ4n) is 2.82. The molecule has 1 aromatic carbocycles. The fraction of sp³-hybridized carbons (Fsp3) is 0.529. The molecular formula is C17H24FN3. The average Bonchev–Trinajstić information content (AvgIpc) is 2.45. The molecule has 0 atom stereocenters. The molecule has 1 saturated heterocycles. The summed E-state index contributed by atoms with van der Waals surface area (Å²) in [4.78, 5) is 4.68. The van der Waals surface area contributed by atoms with Gasteiger partial charge in [0.25, 0.3) is 0 Å². The first kappa shape index (κ1) is 16.0. The van der Waals surface area contributed by atoms with Crippen molar-refractivity contribution in [2.24, 2.45) is 5.73 Å². The van der Waals surface area contributed by atoms with Crippen LogP contribution in [-0.2, 0) is 6.54 Å². The molecule has 2 rings (SSSR count). The van der Waals surface area contributed by atoms with Crippen molar-refractivity contribution in [2.75, 3.05) is 33.7 Å². The van der Waals surface area contributed by atoms with Crippen LogP contribution in [0.3, 0.4) is 0 Å². The van der Waals surface area contributed by atoms with Gasteiger partial charge in [-0.05, 0) is 63.8 Å². The highest BCUT2D eigenvalue weighted by Crippen LogP contribution is 2.17. The SMILES string of the molecule is CN1CCC(N(C)Cc2cc(F)cc(C#CCN)c2)CC1. The van der Waals surface area contributed by atoms with Gasteiger partial charge in [-0.25, -0.2) is 4.39 Å². The Kier molecular flexibility index (Phi) is 5.75. The Morgan fingerprint density at radius 1 is 1.33 bits per heavy atom. The number of nitrogens with zero attached hydrogens (tertiary/aromatic N) is 2. The number of piperidine rings is 1. The van der Waals surface area contributed by atoms with Gasteiger partial charge < -0.3 is 10.6 Å². The van der Waals surface area contributed by atoms with Crippen molar-refractivity contribution in [1.82, 2.24) is 9.80 Å². The van der Waals surface area contributed by atoms with Crippen LogP contribution in [0.25, 0.3) is 0 Å². The predicted octanol–water partition coefficient (Wildman–Crippen LogP) is 1.66. The van der Waals surface area contributed by atoms with Crippen LogP contribution in [0, 0.1) is 17.7 Å². The minimum absolute atomic E-state index is 0.231. The Balaban J connectivity index is 2.03. The lowest BCUT2D eigenvalue weighted by Crippen LogP contribution is -2.41. The van der Waals surface area contributed by atoms with Crippen molar-refractivity contribution in [1.29, 1.82) is 0 Å². The molecule has 0 spiro atoms. The van der Waals surface area contributed by atoms with Gasteiger partial charge in [0.15, 0.2) is 0 Å². The van der Waals surface area contributed by atoms with Crippen molar-refractivity contribution in [2.45, 2.75) is 25.4 Å². The molecule has 3 nitrogen and oxygen atoms in total. The van der Waals surface area contributed by atoms with Crippen LogP contribution in [0.1, 0.15) is 24.0 Å². The van der Waals surface area contributed by atoms with Gasteiger partial charge in [0, 0.05) is 18.2 Å². The van der Waals surface area contributed by atoms with Gasteiger partial charge in [-0.3, -0.25) is 4.90 Å². The summed E-state index contributed by atoms with van der Waals surface area (Å²) in [6.45, 7) is 3.31. The van der Waals surface area contributed by atoms with Crippen molar-refractivity contribution in [3.05, 3.63) is 35.1 Å². The summed E-state index contributed by atoms with van der Waals surface area (Å²) in [5.41, 5.74) is 7.03. The summed E-state index contributed by atoms with van der Waals surface area (Å²) in [5.74, 6) is 5.45. The number of likely N-dealkylation sites (tertiary alicyclic amines) is 1. The Labute approximate surface area is 126 Å². The van der Waals surface area contributed by atoms with Crippen molar-refractivity contribution < 1.29 is 4.39 Å². The first-order valence-electron chi connectivity index (χ1n) is 7.45. The molecule has 0 aromatic heterocycles. The molecule has 1 fully saturated rings. The molecule has 0 aliphatic carbocycles. The number of halogens is 1. The molecule has 0 amide bonds. The van der Waals surface area contributed by atoms with E-state index in [0.717, 1.165) is 25.2 Å². The monoisotopic (exact) mass is 289 g/mol. The Hall–Kier alpha value is -1.41. The number of hydrogen-bond acceptors (Lipinski definition) is 3. The molecule has 21 heavy (non-hydrogen) atoms. The number of rotatable bonds is 3. The standard InChI is InChI=1S/C17H24FN3/c1-20-8-5-17(6-9-20)21(2)13-15-10-14(4-3-7-19)11-16(18)12-15/h10-12,17H,5-9,13,19H2,1-2H3. The van der Waals surface area contributed by atoms with E-state index in [4.69, 9.17) is 5.73 Å². The maximum Gasteiger partial charge on any atom is 0.124 e. The molecular weight excluding hydrogens is 265 g/mol. The third-order valence-electron chi connectivity index (χ3n) is 4.04. The van der Waals surface area contributed by atoms with E-state index in [0.29, 0.717) is 18.2 Å². The molecule has 4 heteroatoms. The average molecular weight is 289 g/mol. The highest BCUT2D eigenvalue weighted by Gasteiger charge is 2.20. The zero-order valence-corrected chi connectivity index (χ0v) is 12.9. The van der Waals surface area contributed by atoms with Crippen LogP contribution in [0.2, 0.25) is 0 Å². The Morgan fingerprint density at radius 2 is 2.05 bits per heavy atom. The van der Waals surface area contributed by atoms with E-state index < -0.39 is 0 Å². The van der Waals surface area contributed by atoms with Crippen LogP contribution in [0.4, 0.5) is 4.39 Å². The Bertz CT molecular complexity index is 525. The molecule has 0 unspecified atom stereocenters. The largest absolute Gasteiger partial charge is 0.320 e. The number of nitrogens with two attached hydrogens (primary N) is 1. The van der Waals surface area contributed by atoms with E-state index in [1.54, 1.807) is 6.07 Å². The molecule has 1 heterocycles. The van der Waals surface area contributed by atoms with Gasteiger partial charge in [-0.15, -0.1) is 0 Å². The van der Waals surface area contributed by atoms with Gasteiger partial charge >= 0.3 is 0 Å².